The van der Waals surface area contributed by atoms with E-state index in [-0.39, 0.29) is 5.56 Å². The Bertz CT molecular complexity index is 628. The quantitative estimate of drug-likeness (QED) is 0.876. The molecule has 0 bridgehead atoms. The summed E-state index contributed by atoms with van der Waals surface area (Å²) in [6, 6.07) is 6.14. The second-order valence-corrected chi connectivity index (χ2v) is 5.48. The van der Waals surface area contributed by atoms with Crippen LogP contribution in [-0.2, 0) is 0 Å². The molecule has 0 aliphatic rings. The van der Waals surface area contributed by atoms with Gasteiger partial charge in [-0.15, -0.1) is 0 Å². The Hall–Kier alpha value is -1.17. The number of hydrogen-bond acceptors (Lipinski definition) is 2. The van der Waals surface area contributed by atoms with Crippen LogP contribution in [0, 0.1) is 11.6 Å². The van der Waals surface area contributed by atoms with Gasteiger partial charge in [0.1, 0.15) is 17.4 Å². The fourth-order valence-electron chi connectivity index (χ4n) is 1.89. The first-order valence-electron chi connectivity index (χ1n) is 5.67. The SMILES string of the molecule is COc1cc(C(N)c2c(F)cc(Br)cc2F)ccc1Cl. The highest BCUT2D eigenvalue weighted by Gasteiger charge is 2.20. The standard InChI is InChI=1S/C14H11BrClF2NO/c1-20-12-4-7(2-3-9(12)16)14(19)13-10(17)5-8(15)6-11(13)18/h2-6,14H,19H2,1H3. The van der Waals surface area contributed by atoms with Crippen molar-refractivity contribution in [1.29, 1.82) is 0 Å². The molecule has 1 unspecified atom stereocenters. The summed E-state index contributed by atoms with van der Waals surface area (Å²) in [5, 5.41) is 0.403. The second kappa shape index (κ2) is 6.08. The summed E-state index contributed by atoms with van der Waals surface area (Å²) in [7, 11) is 1.46. The Morgan fingerprint density at radius 2 is 1.80 bits per heavy atom. The van der Waals surface area contributed by atoms with E-state index in [9.17, 15) is 8.78 Å². The normalized spacial score (nSPS) is 12.3. The maximum atomic E-state index is 13.9. The van der Waals surface area contributed by atoms with Crippen LogP contribution < -0.4 is 10.5 Å². The first-order valence-corrected chi connectivity index (χ1v) is 6.84. The summed E-state index contributed by atoms with van der Waals surface area (Å²) in [6.07, 6.45) is 0. The van der Waals surface area contributed by atoms with Gasteiger partial charge in [0.05, 0.1) is 18.2 Å². The summed E-state index contributed by atoms with van der Waals surface area (Å²) >= 11 is 8.94. The third-order valence-electron chi connectivity index (χ3n) is 2.89. The van der Waals surface area contributed by atoms with E-state index in [1.165, 1.54) is 19.2 Å². The van der Waals surface area contributed by atoms with Crippen molar-refractivity contribution in [2.45, 2.75) is 6.04 Å². The molecule has 0 spiro atoms. The van der Waals surface area contributed by atoms with Crippen molar-refractivity contribution >= 4 is 27.5 Å². The van der Waals surface area contributed by atoms with Gasteiger partial charge in [-0.1, -0.05) is 33.6 Å². The molecular formula is C14H11BrClF2NO. The Labute approximate surface area is 128 Å². The minimum atomic E-state index is -0.950. The molecule has 0 heterocycles. The zero-order chi connectivity index (χ0) is 14.9. The van der Waals surface area contributed by atoms with E-state index in [2.05, 4.69) is 15.9 Å². The van der Waals surface area contributed by atoms with Crippen LogP contribution in [0.4, 0.5) is 8.78 Å². The van der Waals surface area contributed by atoms with E-state index < -0.39 is 17.7 Å². The van der Waals surface area contributed by atoms with Gasteiger partial charge in [-0.25, -0.2) is 8.78 Å². The Morgan fingerprint density at radius 1 is 1.20 bits per heavy atom. The van der Waals surface area contributed by atoms with E-state index in [0.29, 0.717) is 20.8 Å². The second-order valence-electron chi connectivity index (χ2n) is 4.15. The molecule has 2 rings (SSSR count). The lowest BCUT2D eigenvalue weighted by Gasteiger charge is -2.16. The van der Waals surface area contributed by atoms with Gasteiger partial charge in [0.15, 0.2) is 0 Å². The zero-order valence-corrected chi connectivity index (χ0v) is 12.8. The van der Waals surface area contributed by atoms with Gasteiger partial charge in [-0.2, -0.15) is 0 Å². The molecule has 1 atom stereocenters. The number of ether oxygens (including phenoxy) is 1. The highest BCUT2D eigenvalue weighted by atomic mass is 79.9. The molecular weight excluding hydrogens is 352 g/mol. The summed E-state index contributed by atoms with van der Waals surface area (Å²) < 4.78 is 33.2. The van der Waals surface area contributed by atoms with Crippen LogP contribution in [0.25, 0.3) is 0 Å². The maximum absolute atomic E-state index is 13.9. The molecule has 2 nitrogen and oxygen atoms in total. The number of nitrogens with two attached hydrogens (primary N) is 1. The highest BCUT2D eigenvalue weighted by molar-refractivity contribution is 9.10. The summed E-state index contributed by atoms with van der Waals surface area (Å²) in [5.41, 5.74) is 6.26. The fourth-order valence-corrected chi connectivity index (χ4v) is 2.48. The monoisotopic (exact) mass is 361 g/mol. The molecule has 0 saturated carbocycles. The third-order valence-corrected chi connectivity index (χ3v) is 3.66. The van der Waals surface area contributed by atoms with Crippen molar-refractivity contribution in [3.05, 3.63) is 62.6 Å². The maximum Gasteiger partial charge on any atom is 0.137 e. The largest absolute Gasteiger partial charge is 0.495 e. The van der Waals surface area contributed by atoms with Crippen LogP contribution >= 0.6 is 27.5 Å². The van der Waals surface area contributed by atoms with Gasteiger partial charge < -0.3 is 10.5 Å². The molecule has 20 heavy (non-hydrogen) atoms. The van der Waals surface area contributed by atoms with Crippen molar-refractivity contribution in [1.82, 2.24) is 0 Å². The summed E-state index contributed by atoms with van der Waals surface area (Å²) in [5.74, 6) is -1.02. The van der Waals surface area contributed by atoms with Crippen molar-refractivity contribution in [3.63, 3.8) is 0 Å². The lowest BCUT2D eigenvalue weighted by molar-refractivity contribution is 0.414. The third kappa shape index (κ3) is 2.95. The van der Waals surface area contributed by atoms with Crippen LogP contribution in [0.3, 0.4) is 0 Å². The molecule has 0 aromatic heterocycles. The van der Waals surface area contributed by atoms with Crippen LogP contribution in [-0.4, -0.2) is 7.11 Å². The molecule has 0 aliphatic carbocycles. The lowest BCUT2D eigenvalue weighted by atomic mass is 9.98. The predicted molar refractivity (Wildman–Crippen MR) is 78.1 cm³/mol. The number of rotatable bonds is 3. The summed E-state index contributed by atoms with van der Waals surface area (Å²) in [4.78, 5) is 0. The Kier molecular flexibility index (Phi) is 4.62. The van der Waals surface area contributed by atoms with Crippen molar-refractivity contribution in [2.75, 3.05) is 7.11 Å². The van der Waals surface area contributed by atoms with Crippen LogP contribution in [0.15, 0.2) is 34.8 Å². The van der Waals surface area contributed by atoms with E-state index in [1.807, 2.05) is 0 Å². The molecule has 0 fully saturated rings. The predicted octanol–water partition coefficient (Wildman–Crippen LogP) is 4.44. The average Bonchev–Trinajstić information content (AvgIpc) is 2.37. The van der Waals surface area contributed by atoms with E-state index in [0.717, 1.165) is 0 Å². The number of halogens is 4. The first kappa shape index (κ1) is 15.2. The van der Waals surface area contributed by atoms with E-state index >= 15 is 0 Å². The van der Waals surface area contributed by atoms with Gasteiger partial charge in [-0.3, -0.25) is 0 Å². The van der Waals surface area contributed by atoms with Gasteiger partial charge in [0.2, 0.25) is 0 Å². The minimum Gasteiger partial charge on any atom is -0.495 e. The Balaban J connectivity index is 2.49. The molecule has 0 amide bonds. The number of methoxy groups -OCH3 is 1. The molecule has 2 N–H and O–H groups in total. The first-order chi connectivity index (χ1) is 9.43. The van der Waals surface area contributed by atoms with Crippen LogP contribution in [0.5, 0.6) is 5.75 Å². The number of benzene rings is 2. The summed E-state index contributed by atoms with van der Waals surface area (Å²) in [6.45, 7) is 0. The molecule has 106 valence electrons. The van der Waals surface area contributed by atoms with Crippen LogP contribution in [0.1, 0.15) is 17.2 Å². The molecule has 0 saturated heterocycles. The highest BCUT2D eigenvalue weighted by Crippen LogP contribution is 2.32. The van der Waals surface area contributed by atoms with Crippen molar-refractivity contribution < 1.29 is 13.5 Å². The molecule has 2 aromatic carbocycles. The molecule has 2 aromatic rings. The van der Waals surface area contributed by atoms with Crippen molar-refractivity contribution in [3.8, 4) is 5.75 Å². The fraction of sp³-hybridized carbons (Fsp3) is 0.143. The zero-order valence-electron chi connectivity index (χ0n) is 10.5. The smallest absolute Gasteiger partial charge is 0.137 e. The van der Waals surface area contributed by atoms with E-state index in [1.54, 1.807) is 18.2 Å². The Morgan fingerprint density at radius 3 is 2.35 bits per heavy atom. The minimum absolute atomic E-state index is 0.197. The topological polar surface area (TPSA) is 35.2 Å². The van der Waals surface area contributed by atoms with Gasteiger partial charge in [-0.05, 0) is 29.8 Å². The van der Waals surface area contributed by atoms with Crippen molar-refractivity contribution in [2.24, 2.45) is 5.73 Å². The molecule has 0 aliphatic heterocycles. The number of hydrogen-bond donors (Lipinski definition) is 1. The molecule has 0 radical (unpaired) electrons. The molecule has 6 heteroatoms. The van der Waals surface area contributed by atoms with Crippen LogP contribution in [0.2, 0.25) is 5.02 Å². The van der Waals surface area contributed by atoms with Gasteiger partial charge >= 0.3 is 0 Å². The lowest BCUT2D eigenvalue weighted by Crippen LogP contribution is -2.16. The average molecular weight is 363 g/mol. The van der Waals surface area contributed by atoms with Gasteiger partial charge in [0.25, 0.3) is 0 Å². The van der Waals surface area contributed by atoms with Gasteiger partial charge in [0, 0.05) is 10.0 Å². The van der Waals surface area contributed by atoms with E-state index in [4.69, 9.17) is 22.1 Å².